The van der Waals surface area contributed by atoms with E-state index in [1.807, 2.05) is 0 Å². The molecule has 0 aromatic heterocycles. The van der Waals surface area contributed by atoms with E-state index in [2.05, 4.69) is 11.8 Å². The lowest BCUT2D eigenvalue weighted by molar-refractivity contribution is -0.196. The average Bonchev–Trinajstić information content (AvgIpc) is 2.55. The Bertz CT molecular complexity index is 513. The van der Waals surface area contributed by atoms with Gasteiger partial charge in [-0.3, -0.25) is 4.79 Å². The van der Waals surface area contributed by atoms with Crippen LogP contribution in [-0.2, 0) is 4.79 Å². The van der Waals surface area contributed by atoms with E-state index in [9.17, 15) is 20.1 Å². The molecule has 0 aromatic rings. The number of carbonyl (C=O) groups is 1. The zero-order valence-electron chi connectivity index (χ0n) is 13.9. The Morgan fingerprint density at radius 3 is 2.65 bits per heavy atom. The zero-order chi connectivity index (χ0) is 16.6. The molecule has 3 rings (SSSR count). The molecule has 128 valence electrons. The van der Waals surface area contributed by atoms with Gasteiger partial charge in [0.2, 0.25) is 0 Å². The number of Topliss-reactive ketones (excluding diaryl/α,β-unsaturated/α-hetero) is 1. The van der Waals surface area contributed by atoms with Crippen LogP contribution in [0.1, 0.15) is 58.3 Å². The van der Waals surface area contributed by atoms with Gasteiger partial charge in [-0.25, -0.2) is 0 Å². The normalized spacial score (nSPS) is 42.2. The second kappa shape index (κ2) is 6.55. The molecule has 0 amide bonds. The second-order valence-electron chi connectivity index (χ2n) is 7.78. The molecular weight excluding hydrogens is 292 g/mol. The molecule has 3 N–H and O–H groups in total. The van der Waals surface area contributed by atoms with Crippen LogP contribution >= 0.6 is 0 Å². The van der Waals surface area contributed by atoms with Gasteiger partial charge in [-0.1, -0.05) is 50.9 Å². The summed E-state index contributed by atoms with van der Waals surface area (Å²) in [4.78, 5) is 11.9. The van der Waals surface area contributed by atoms with Crippen LogP contribution in [0.2, 0.25) is 0 Å². The number of aliphatic hydroxyl groups excluding tert-OH is 2. The maximum atomic E-state index is 11.9. The summed E-state index contributed by atoms with van der Waals surface area (Å²) < 4.78 is 0. The third kappa shape index (κ3) is 3.07. The first-order valence-corrected chi connectivity index (χ1v) is 9.07. The molecular formula is C19H28O4. The van der Waals surface area contributed by atoms with Crippen molar-refractivity contribution in [1.29, 1.82) is 0 Å². The molecule has 3 aliphatic rings. The summed E-state index contributed by atoms with van der Waals surface area (Å²) in [6.07, 6.45) is 6.21. The minimum atomic E-state index is -1.30. The van der Waals surface area contributed by atoms with Crippen LogP contribution in [0.25, 0.3) is 0 Å². The van der Waals surface area contributed by atoms with Gasteiger partial charge in [-0.15, -0.1) is 0 Å². The van der Waals surface area contributed by atoms with E-state index >= 15 is 0 Å². The molecule has 0 bridgehead atoms. The molecule has 0 radical (unpaired) electrons. The van der Waals surface area contributed by atoms with Gasteiger partial charge in [-0.2, -0.15) is 0 Å². The molecule has 3 fully saturated rings. The lowest BCUT2D eigenvalue weighted by Crippen LogP contribution is -2.68. The highest BCUT2D eigenvalue weighted by molar-refractivity contribution is 5.96. The van der Waals surface area contributed by atoms with E-state index in [1.165, 1.54) is 32.1 Å². The Labute approximate surface area is 138 Å². The van der Waals surface area contributed by atoms with Crippen LogP contribution in [-0.4, -0.2) is 38.9 Å². The highest BCUT2D eigenvalue weighted by atomic mass is 16.3. The largest absolute Gasteiger partial charge is 0.392 e. The first-order chi connectivity index (χ1) is 10.9. The van der Waals surface area contributed by atoms with Crippen LogP contribution in [0.15, 0.2) is 0 Å². The Kier molecular flexibility index (Phi) is 4.83. The zero-order valence-corrected chi connectivity index (χ0v) is 13.9. The Hall–Kier alpha value is -0.890. The molecule has 3 aliphatic carbocycles. The fraction of sp³-hybridized carbons (Fsp3) is 0.842. The highest BCUT2D eigenvalue weighted by Gasteiger charge is 2.64. The number of carbonyl (C=O) groups excluding carboxylic acids is 1. The Balaban J connectivity index is 1.65. The van der Waals surface area contributed by atoms with Crippen molar-refractivity contribution in [3.63, 3.8) is 0 Å². The predicted octanol–water partition coefficient (Wildman–Crippen LogP) is 1.66. The third-order valence-electron chi connectivity index (χ3n) is 6.25. The summed E-state index contributed by atoms with van der Waals surface area (Å²) in [6, 6.07) is 0. The molecule has 1 unspecified atom stereocenters. The summed E-state index contributed by atoms with van der Waals surface area (Å²) in [5.41, 5.74) is -1.30. The smallest absolute Gasteiger partial charge is 0.167 e. The number of aliphatic hydroxyl groups is 3. The third-order valence-corrected chi connectivity index (χ3v) is 6.25. The van der Waals surface area contributed by atoms with Gasteiger partial charge >= 0.3 is 0 Å². The summed E-state index contributed by atoms with van der Waals surface area (Å²) in [5, 5.41) is 30.9. The van der Waals surface area contributed by atoms with Gasteiger partial charge in [0.15, 0.2) is 5.78 Å². The Morgan fingerprint density at radius 1 is 1.26 bits per heavy atom. The number of ketones is 1. The van der Waals surface area contributed by atoms with Crippen molar-refractivity contribution >= 4 is 5.78 Å². The second-order valence-corrected chi connectivity index (χ2v) is 7.78. The van der Waals surface area contributed by atoms with Crippen LogP contribution < -0.4 is 0 Å². The fourth-order valence-electron chi connectivity index (χ4n) is 4.90. The van der Waals surface area contributed by atoms with Gasteiger partial charge < -0.3 is 15.3 Å². The average molecular weight is 320 g/mol. The maximum absolute atomic E-state index is 11.9. The van der Waals surface area contributed by atoms with Gasteiger partial charge in [0.1, 0.15) is 11.7 Å². The van der Waals surface area contributed by atoms with Crippen molar-refractivity contribution in [1.82, 2.24) is 0 Å². The van der Waals surface area contributed by atoms with Crippen molar-refractivity contribution < 1.29 is 20.1 Å². The van der Waals surface area contributed by atoms with Gasteiger partial charge in [0.05, 0.1) is 12.0 Å². The summed E-state index contributed by atoms with van der Waals surface area (Å²) in [7, 11) is 0. The molecule has 0 spiro atoms. The fourth-order valence-corrected chi connectivity index (χ4v) is 4.90. The van der Waals surface area contributed by atoms with Crippen LogP contribution in [0.4, 0.5) is 0 Å². The minimum absolute atomic E-state index is 0.121. The molecule has 3 saturated carbocycles. The molecule has 4 heteroatoms. The number of rotatable bonds is 2. The number of fused-ring (bicyclic) bond motifs is 1. The van der Waals surface area contributed by atoms with Crippen LogP contribution in [0.3, 0.4) is 0 Å². The van der Waals surface area contributed by atoms with Gasteiger partial charge in [-0.05, 0) is 25.2 Å². The van der Waals surface area contributed by atoms with Gasteiger partial charge in [0.25, 0.3) is 0 Å². The van der Waals surface area contributed by atoms with Crippen molar-refractivity contribution in [2.75, 3.05) is 0 Å². The molecule has 4 nitrogen and oxygen atoms in total. The maximum Gasteiger partial charge on any atom is 0.167 e. The lowest BCUT2D eigenvalue weighted by atomic mass is 9.50. The van der Waals surface area contributed by atoms with Crippen molar-refractivity contribution in [2.24, 2.45) is 23.7 Å². The van der Waals surface area contributed by atoms with E-state index in [0.29, 0.717) is 25.2 Å². The minimum Gasteiger partial charge on any atom is -0.392 e. The quantitative estimate of drug-likeness (QED) is 0.676. The van der Waals surface area contributed by atoms with E-state index in [1.54, 1.807) is 6.92 Å². The molecule has 0 aliphatic heterocycles. The summed E-state index contributed by atoms with van der Waals surface area (Å²) in [6.45, 7) is 1.80. The van der Waals surface area contributed by atoms with Crippen molar-refractivity contribution in [3.8, 4) is 11.8 Å². The first kappa shape index (κ1) is 17.0. The molecule has 0 saturated heterocycles. The van der Waals surface area contributed by atoms with Crippen molar-refractivity contribution in [2.45, 2.75) is 76.1 Å². The van der Waals surface area contributed by atoms with E-state index in [0.717, 1.165) is 0 Å². The van der Waals surface area contributed by atoms with Crippen molar-refractivity contribution in [3.05, 3.63) is 0 Å². The monoisotopic (exact) mass is 320 g/mol. The van der Waals surface area contributed by atoms with Crippen LogP contribution in [0, 0.1) is 35.5 Å². The van der Waals surface area contributed by atoms with E-state index < -0.39 is 23.7 Å². The molecule has 0 heterocycles. The van der Waals surface area contributed by atoms with Crippen LogP contribution in [0.5, 0.6) is 0 Å². The number of hydrogen-bond acceptors (Lipinski definition) is 4. The predicted molar refractivity (Wildman–Crippen MR) is 86.3 cm³/mol. The summed E-state index contributed by atoms with van der Waals surface area (Å²) >= 11 is 0. The summed E-state index contributed by atoms with van der Waals surface area (Å²) in [5.74, 6) is 5.35. The Morgan fingerprint density at radius 2 is 1.96 bits per heavy atom. The highest BCUT2D eigenvalue weighted by Crippen LogP contribution is 2.52. The first-order valence-electron chi connectivity index (χ1n) is 9.07. The molecule has 6 atom stereocenters. The van der Waals surface area contributed by atoms with E-state index in [4.69, 9.17) is 0 Å². The molecule has 0 aromatic carbocycles. The molecule has 23 heavy (non-hydrogen) atoms. The van der Waals surface area contributed by atoms with E-state index in [-0.39, 0.29) is 17.6 Å². The number of hydrogen-bond donors (Lipinski definition) is 3. The topological polar surface area (TPSA) is 77.8 Å². The standard InChI is InChI=1S/C19H28O4/c1-12-17-15(16(21)9-10-19(17,23)18(12)22)8-7-14(20)11-13-5-3-2-4-6-13/h12-17,20-21,23H,2-6,9-11H2,1H3/t12?,14-,15+,16-,17-,19-/m1/s1. The van der Waals surface area contributed by atoms with Gasteiger partial charge in [0, 0.05) is 11.8 Å². The lowest BCUT2D eigenvalue weighted by Gasteiger charge is -2.55. The SMILES string of the molecule is CC1C(=O)[C@@]2(O)CC[C@@H](O)[C@H](C#C[C@@H](O)CC3CCCCC3)[C@@H]12.